The lowest BCUT2D eigenvalue weighted by Crippen LogP contribution is -2.34. The van der Waals surface area contributed by atoms with E-state index in [4.69, 9.17) is 10.6 Å². The van der Waals surface area contributed by atoms with E-state index in [0.717, 1.165) is 12.8 Å². The first-order chi connectivity index (χ1) is 8.19. The fourth-order valence-electron chi connectivity index (χ4n) is 2.17. The molecule has 1 atom stereocenters. The highest BCUT2D eigenvalue weighted by Gasteiger charge is 2.23. The molecule has 0 aromatic heterocycles. The first-order valence-corrected chi connectivity index (χ1v) is 5.98. The van der Waals surface area contributed by atoms with Gasteiger partial charge in [0.2, 0.25) is 0 Å². The lowest BCUT2D eigenvalue weighted by atomic mass is 9.89. The number of halogens is 1. The molecule has 0 bridgehead atoms. The molecule has 1 aromatic carbocycles. The van der Waals surface area contributed by atoms with Gasteiger partial charge in [-0.15, -0.1) is 0 Å². The number of methoxy groups -OCH3 is 1. The molecule has 0 aliphatic carbocycles. The summed E-state index contributed by atoms with van der Waals surface area (Å²) in [5.74, 6) is 5.80. The second-order valence-corrected chi connectivity index (χ2v) is 4.08. The van der Waals surface area contributed by atoms with Crippen LogP contribution in [0.4, 0.5) is 4.39 Å². The fourth-order valence-corrected chi connectivity index (χ4v) is 2.17. The average molecular weight is 240 g/mol. The summed E-state index contributed by atoms with van der Waals surface area (Å²) >= 11 is 0. The van der Waals surface area contributed by atoms with E-state index in [1.54, 1.807) is 18.2 Å². The summed E-state index contributed by atoms with van der Waals surface area (Å²) in [4.78, 5) is 0. The SMILES string of the molecule is CCC(CC)C(NN)c1cccc(OC)c1F. The largest absolute Gasteiger partial charge is 0.494 e. The summed E-state index contributed by atoms with van der Waals surface area (Å²) in [7, 11) is 1.46. The first-order valence-electron chi connectivity index (χ1n) is 5.98. The molecule has 4 heteroatoms. The smallest absolute Gasteiger partial charge is 0.169 e. The van der Waals surface area contributed by atoms with Gasteiger partial charge in [0.1, 0.15) is 0 Å². The highest BCUT2D eigenvalue weighted by atomic mass is 19.1. The van der Waals surface area contributed by atoms with E-state index in [9.17, 15) is 4.39 Å². The van der Waals surface area contributed by atoms with Gasteiger partial charge in [-0.1, -0.05) is 38.8 Å². The first kappa shape index (κ1) is 13.9. The maximum atomic E-state index is 14.1. The number of nitrogens with one attached hydrogen (secondary N) is 1. The second kappa shape index (κ2) is 6.57. The van der Waals surface area contributed by atoms with E-state index in [1.165, 1.54) is 7.11 Å². The molecule has 1 unspecified atom stereocenters. The normalized spacial score (nSPS) is 12.8. The number of benzene rings is 1. The van der Waals surface area contributed by atoms with Crippen LogP contribution in [-0.4, -0.2) is 7.11 Å². The molecule has 0 radical (unpaired) electrons. The zero-order chi connectivity index (χ0) is 12.8. The Labute approximate surface area is 102 Å². The topological polar surface area (TPSA) is 47.3 Å². The molecule has 3 nitrogen and oxygen atoms in total. The Balaban J connectivity index is 3.11. The number of rotatable bonds is 6. The zero-order valence-corrected chi connectivity index (χ0v) is 10.7. The van der Waals surface area contributed by atoms with Crippen LogP contribution in [0, 0.1) is 11.7 Å². The fraction of sp³-hybridized carbons (Fsp3) is 0.538. The van der Waals surface area contributed by atoms with Gasteiger partial charge in [-0.25, -0.2) is 4.39 Å². The van der Waals surface area contributed by atoms with Crippen molar-refractivity contribution in [3.8, 4) is 5.75 Å². The molecule has 0 saturated heterocycles. The van der Waals surface area contributed by atoms with E-state index >= 15 is 0 Å². The molecular weight excluding hydrogens is 219 g/mol. The molecule has 1 rings (SSSR count). The number of ether oxygens (including phenoxy) is 1. The Morgan fingerprint density at radius 1 is 1.35 bits per heavy atom. The number of hydrogen-bond acceptors (Lipinski definition) is 3. The van der Waals surface area contributed by atoms with E-state index in [-0.39, 0.29) is 17.6 Å². The van der Waals surface area contributed by atoms with Crippen LogP contribution in [0.2, 0.25) is 0 Å². The van der Waals surface area contributed by atoms with Crippen molar-refractivity contribution >= 4 is 0 Å². The highest BCUT2D eigenvalue weighted by Crippen LogP contribution is 2.31. The van der Waals surface area contributed by atoms with Crippen LogP contribution in [0.5, 0.6) is 5.75 Å². The zero-order valence-electron chi connectivity index (χ0n) is 10.7. The number of hydrazine groups is 1. The van der Waals surface area contributed by atoms with Crippen molar-refractivity contribution in [1.29, 1.82) is 0 Å². The van der Waals surface area contributed by atoms with Crippen LogP contribution in [0.15, 0.2) is 18.2 Å². The predicted molar refractivity (Wildman–Crippen MR) is 67.1 cm³/mol. The minimum Gasteiger partial charge on any atom is -0.494 e. The molecule has 0 aliphatic heterocycles. The Hall–Kier alpha value is -1.13. The van der Waals surface area contributed by atoms with E-state index in [0.29, 0.717) is 11.5 Å². The van der Waals surface area contributed by atoms with E-state index in [1.807, 2.05) is 0 Å². The average Bonchev–Trinajstić information content (AvgIpc) is 2.36. The number of hydrogen-bond donors (Lipinski definition) is 2. The molecule has 96 valence electrons. The van der Waals surface area contributed by atoms with Gasteiger partial charge in [0.15, 0.2) is 11.6 Å². The van der Waals surface area contributed by atoms with Crippen molar-refractivity contribution in [3.05, 3.63) is 29.6 Å². The van der Waals surface area contributed by atoms with Gasteiger partial charge in [-0.2, -0.15) is 0 Å². The molecule has 1 aromatic rings. The lowest BCUT2D eigenvalue weighted by Gasteiger charge is -2.25. The maximum Gasteiger partial charge on any atom is 0.169 e. The van der Waals surface area contributed by atoms with Crippen LogP contribution < -0.4 is 16.0 Å². The molecule has 17 heavy (non-hydrogen) atoms. The molecule has 0 fully saturated rings. The Morgan fingerprint density at radius 3 is 2.47 bits per heavy atom. The molecule has 0 heterocycles. The molecule has 0 saturated carbocycles. The Bertz CT molecular complexity index is 353. The van der Waals surface area contributed by atoms with Crippen LogP contribution in [-0.2, 0) is 0 Å². The molecule has 0 amide bonds. The third-order valence-electron chi connectivity index (χ3n) is 3.25. The van der Waals surface area contributed by atoms with E-state index in [2.05, 4.69) is 19.3 Å². The minimum atomic E-state index is -0.329. The van der Waals surface area contributed by atoms with Crippen molar-refractivity contribution in [2.24, 2.45) is 11.8 Å². The van der Waals surface area contributed by atoms with Gasteiger partial charge in [0, 0.05) is 5.56 Å². The van der Waals surface area contributed by atoms with Crippen LogP contribution in [0.3, 0.4) is 0 Å². The molecule has 3 N–H and O–H groups in total. The van der Waals surface area contributed by atoms with Gasteiger partial charge >= 0.3 is 0 Å². The predicted octanol–water partition coefficient (Wildman–Crippen LogP) is 2.77. The van der Waals surface area contributed by atoms with Gasteiger partial charge in [0.05, 0.1) is 13.2 Å². The third-order valence-corrected chi connectivity index (χ3v) is 3.25. The van der Waals surface area contributed by atoms with E-state index < -0.39 is 0 Å². The monoisotopic (exact) mass is 240 g/mol. The second-order valence-electron chi connectivity index (χ2n) is 4.08. The molecule has 0 aliphatic rings. The minimum absolute atomic E-state index is 0.180. The van der Waals surface area contributed by atoms with Crippen molar-refractivity contribution in [2.75, 3.05) is 7.11 Å². The van der Waals surface area contributed by atoms with Gasteiger partial charge < -0.3 is 4.74 Å². The Morgan fingerprint density at radius 2 is 2.00 bits per heavy atom. The Kier molecular flexibility index (Phi) is 5.38. The van der Waals surface area contributed by atoms with Crippen LogP contribution >= 0.6 is 0 Å². The van der Waals surface area contributed by atoms with Gasteiger partial charge in [-0.05, 0) is 12.0 Å². The lowest BCUT2D eigenvalue weighted by molar-refractivity contribution is 0.327. The molecule has 0 spiro atoms. The summed E-state index contributed by atoms with van der Waals surface area (Å²) in [6, 6.07) is 4.96. The van der Waals surface area contributed by atoms with Crippen LogP contribution in [0.1, 0.15) is 38.3 Å². The van der Waals surface area contributed by atoms with Crippen LogP contribution in [0.25, 0.3) is 0 Å². The summed E-state index contributed by atoms with van der Waals surface area (Å²) in [6.45, 7) is 4.16. The summed E-state index contributed by atoms with van der Waals surface area (Å²) < 4.78 is 19.1. The van der Waals surface area contributed by atoms with Crippen molar-refractivity contribution in [3.63, 3.8) is 0 Å². The number of nitrogens with two attached hydrogens (primary N) is 1. The quantitative estimate of drug-likeness (QED) is 0.593. The van der Waals surface area contributed by atoms with Gasteiger partial charge in [0.25, 0.3) is 0 Å². The maximum absolute atomic E-state index is 14.1. The summed E-state index contributed by atoms with van der Waals surface area (Å²) in [6.07, 6.45) is 1.89. The van der Waals surface area contributed by atoms with Gasteiger partial charge in [-0.3, -0.25) is 11.3 Å². The van der Waals surface area contributed by atoms with Crippen molar-refractivity contribution < 1.29 is 9.13 Å². The molecular formula is C13H21FN2O. The third kappa shape index (κ3) is 2.96. The summed E-state index contributed by atoms with van der Waals surface area (Å²) in [5, 5.41) is 0. The van der Waals surface area contributed by atoms with Crippen molar-refractivity contribution in [1.82, 2.24) is 5.43 Å². The summed E-state index contributed by atoms with van der Waals surface area (Å²) in [5.41, 5.74) is 3.29. The standard InChI is InChI=1S/C13H21FN2O/c1-4-9(5-2)13(16-15)10-7-6-8-11(17-3)12(10)14/h6-9,13,16H,4-5,15H2,1-3H3. The highest BCUT2D eigenvalue weighted by molar-refractivity contribution is 5.33. The van der Waals surface area contributed by atoms with Crippen molar-refractivity contribution in [2.45, 2.75) is 32.7 Å².